The van der Waals surface area contributed by atoms with E-state index in [0.29, 0.717) is 12.0 Å². The SMILES string of the molecule is Cc1ccc(C(C(C)N)N2CC(C)CC(C)C2C)o1. The molecule has 2 N–H and O–H groups in total. The van der Waals surface area contributed by atoms with Crippen molar-refractivity contribution in [3.63, 3.8) is 0 Å². The Morgan fingerprint density at radius 3 is 2.53 bits per heavy atom. The second-order valence-electron chi connectivity index (χ2n) is 6.51. The molecule has 1 aromatic rings. The van der Waals surface area contributed by atoms with Crippen LogP contribution in [0.15, 0.2) is 16.5 Å². The summed E-state index contributed by atoms with van der Waals surface area (Å²) in [4.78, 5) is 2.54. The maximum absolute atomic E-state index is 6.26. The van der Waals surface area contributed by atoms with Crippen LogP contribution >= 0.6 is 0 Å². The molecule has 0 aromatic carbocycles. The smallest absolute Gasteiger partial charge is 0.122 e. The highest BCUT2D eigenvalue weighted by Gasteiger charge is 2.36. The van der Waals surface area contributed by atoms with Crippen LogP contribution in [-0.4, -0.2) is 23.5 Å². The molecule has 0 spiro atoms. The first-order valence-electron chi connectivity index (χ1n) is 7.47. The molecule has 0 radical (unpaired) electrons. The molecule has 2 heterocycles. The van der Waals surface area contributed by atoms with Crippen molar-refractivity contribution in [2.45, 2.75) is 59.2 Å². The lowest BCUT2D eigenvalue weighted by Gasteiger charge is -2.45. The van der Waals surface area contributed by atoms with Gasteiger partial charge in [0, 0.05) is 18.6 Å². The molecule has 0 amide bonds. The third kappa shape index (κ3) is 3.03. The second-order valence-corrected chi connectivity index (χ2v) is 6.51. The van der Waals surface area contributed by atoms with Gasteiger partial charge in [-0.05, 0) is 51.2 Å². The maximum Gasteiger partial charge on any atom is 0.122 e. The summed E-state index contributed by atoms with van der Waals surface area (Å²) in [5.41, 5.74) is 6.26. The van der Waals surface area contributed by atoms with Crippen molar-refractivity contribution in [2.24, 2.45) is 17.6 Å². The average Bonchev–Trinajstić information content (AvgIpc) is 2.71. The predicted molar refractivity (Wildman–Crippen MR) is 78.9 cm³/mol. The molecule has 3 nitrogen and oxygen atoms in total. The van der Waals surface area contributed by atoms with Crippen LogP contribution in [0.4, 0.5) is 0 Å². The van der Waals surface area contributed by atoms with Gasteiger partial charge in [-0.1, -0.05) is 13.8 Å². The van der Waals surface area contributed by atoms with Gasteiger partial charge in [0.2, 0.25) is 0 Å². The molecule has 1 saturated heterocycles. The van der Waals surface area contributed by atoms with E-state index in [0.717, 1.165) is 24.0 Å². The third-order valence-corrected chi connectivity index (χ3v) is 4.55. The first-order chi connectivity index (χ1) is 8.90. The monoisotopic (exact) mass is 264 g/mol. The summed E-state index contributed by atoms with van der Waals surface area (Å²) >= 11 is 0. The minimum Gasteiger partial charge on any atom is -0.465 e. The fourth-order valence-corrected chi connectivity index (χ4v) is 3.46. The molecule has 19 heavy (non-hydrogen) atoms. The fourth-order valence-electron chi connectivity index (χ4n) is 3.46. The minimum atomic E-state index is 0.0745. The Balaban J connectivity index is 2.28. The topological polar surface area (TPSA) is 42.4 Å². The minimum absolute atomic E-state index is 0.0745. The molecule has 1 aliphatic rings. The lowest BCUT2D eigenvalue weighted by atomic mass is 9.84. The normalized spacial score (nSPS) is 32.2. The largest absolute Gasteiger partial charge is 0.465 e. The van der Waals surface area contributed by atoms with Crippen molar-refractivity contribution >= 4 is 0 Å². The van der Waals surface area contributed by atoms with Crippen LogP contribution in [0.25, 0.3) is 0 Å². The molecule has 3 heteroatoms. The summed E-state index contributed by atoms with van der Waals surface area (Å²) in [5.74, 6) is 3.41. The Labute approximate surface area is 117 Å². The summed E-state index contributed by atoms with van der Waals surface area (Å²) in [5, 5.41) is 0. The van der Waals surface area contributed by atoms with Crippen molar-refractivity contribution in [2.75, 3.05) is 6.54 Å². The van der Waals surface area contributed by atoms with Crippen molar-refractivity contribution in [1.82, 2.24) is 4.90 Å². The molecule has 0 aliphatic carbocycles. The Kier molecular flexibility index (Phi) is 4.36. The van der Waals surface area contributed by atoms with Gasteiger partial charge < -0.3 is 10.2 Å². The van der Waals surface area contributed by atoms with Gasteiger partial charge in [0.1, 0.15) is 11.5 Å². The van der Waals surface area contributed by atoms with E-state index < -0.39 is 0 Å². The predicted octanol–water partition coefficient (Wildman–Crippen LogP) is 3.34. The summed E-state index contributed by atoms with van der Waals surface area (Å²) in [6.45, 7) is 12.2. The number of rotatable bonds is 3. The summed E-state index contributed by atoms with van der Waals surface area (Å²) < 4.78 is 5.86. The number of aryl methyl sites for hydroxylation is 1. The number of furan rings is 1. The van der Waals surface area contributed by atoms with E-state index in [1.807, 2.05) is 13.0 Å². The van der Waals surface area contributed by atoms with E-state index >= 15 is 0 Å². The number of nitrogens with zero attached hydrogens (tertiary/aromatic N) is 1. The van der Waals surface area contributed by atoms with Gasteiger partial charge in [0.05, 0.1) is 6.04 Å². The van der Waals surface area contributed by atoms with E-state index in [2.05, 4.69) is 38.7 Å². The molecule has 108 valence electrons. The van der Waals surface area contributed by atoms with E-state index in [1.165, 1.54) is 6.42 Å². The highest BCUT2D eigenvalue weighted by molar-refractivity contribution is 5.12. The summed E-state index contributed by atoms with van der Waals surface area (Å²) in [6.07, 6.45) is 1.31. The highest BCUT2D eigenvalue weighted by atomic mass is 16.3. The molecule has 5 unspecified atom stereocenters. The Hall–Kier alpha value is -0.800. The number of piperidine rings is 1. The van der Waals surface area contributed by atoms with Crippen LogP contribution in [0.2, 0.25) is 0 Å². The summed E-state index contributed by atoms with van der Waals surface area (Å²) in [6, 6.07) is 4.93. The molecule has 1 aliphatic heterocycles. The lowest BCUT2D eigenvalue weighted by Crippen LogP contribution is -2.51. The number of hydrogen-bond donors (Lipinski definition) is 1. The quantitative estimate of drug-likeness (QED) is 0.910. The van der Waals surface area contributed by atoms with Crippen LogP contribution < -0.4 is 5.73 Å². The van der Waals surface area contributed by atoms with Gasteiger partial charge in [0.15, 0.2) is 0 Å². The van der Waals surface area contributed by atoms with Crippen molar-refractivity contribution < 1.29 is 4.42 Å². The maximum atomic E-state index is 6.26. The van der Waals surface area contributed by atoms with Crippen molar-refractivity contribution in [3.8, 4) is 0 Å². The van der Waals surface area contributed by atoms with E-state index in [1.54, 1.807) is 0 Å². The van der Waals surface area contributed by atoms with E-state index in [-0.39, 0.29) is 12.1 Å². The van der Waals surface area contributed by atoms with Gasteiger partial charge in [0.25, 0.3) is 0 Å². The van der Waals surface area contributed by atoms with E-state index in [9.17, 15) is 0 Å². The van der Waals surface area contributed by atoms with Gasteiger partial charge in [-0.15, -0.1) is 0 Å². The van der Waals surface area contributed by atoms with Crippen LogP contribution in [0.3, 0.4) is 0 Å². The molecule has 1 aromatic heterocycles. The van der Waals surface area contributed by atoms with Gasteiger partial charge in [-0.3, -0.25) is 4.90 Å². The summed E-state index contributed by atoms with van der Waals surface area (Å²) in [7, 11) is 0. The zero-order valence-electron chi connectivity index (χ0n) is 12.9. The Morgan fingerprint density at radius 2 is 2.00 bits per heavy atom. The van der Waals surface area contributed by atoms with Crippen LogP contribution in [0, 0.1) is 18.8 Å². The molecule has 0 bridgehead atoms. The number of likely N-dealkylation sites (tertiary alicyclic amines) is 1. The van der Waals surface area contributed by atoms with Gasteiger partial charge >= 0.3 is 0 Å². The van der Waals surface area contributed by atoms with Crippen LogP contribution in [-0.2, 0) is 0 Å². The lowest BCUT2D eigenvalue weighted by molar-refractivity contribution is 0.0228. The van der Waals surface area contributed by atoms with Gasteiger partial charge in [-0.2, -0.15) is 0 Å². The fraction of sp³-hybridized carbons (Fsp3) is 0.750. The highest BCUT2D eigenvalue weighted by Crippen LogP contribution is 2.35. The first-order valence-corrected chi connectivity index (χ1v) is 7.47. The zero-order valence-corrected chi connectivity index (χ0v) is 12.9. The molecular formula is C16H28N2O. The standard InChI is InChI=1S/C16H28N2O/c1-10-8-11(2)14(5)18(9-10)16(13(4)17)15-7-6-12(3)19-15/h6-7,10-11,13-14,16H,8-9,17H2,1-5H3. The Bertz CT molecular complexity index is 413. The van der Waals surface area contributed by atoms with Crippen LogP contribution in [0.5, 0.6) is 0 Å². The molecule has 5 atom stereocenters. The Morgan fingerprint density at radius 1 is 1.32 bits per heavy atom. The van der Waals surface area contributed by atoms with Gasteiger partial charge in [-0.25, -0.2) is 0 Å². The molecule has 1 fully saturated rings. The van der Waals surface area contributed by atoms with Crippen molar-refractivity contribution in [3.05, 3.63) is 23.7 Å². The molecular weight excluding hydrogens is 236 g/mol. The average molecular weight is 264 g/mol. The zero-order chi connectivity index (χ0) is 14.2. The first kappa shape index (κ1) is 14.6. The third-order valence-electron chi connectivity index (χ3n) is 4.55. The van der Waals surface area contributed by atoms with Crippen molar-refractivity contribution in [1.29, 1.82) is 0 Å². The molecule has 2 rings (SSSR count). The van der Waals surface area contributed by atoms with E-state index in [4.69, 9.17) is 10.2 Å². The second kappa shape index (κ2) is 5.68. The van der Waals surface area contributed by atoms with Crippen LogP contribution in [0.1, 0.15) is 51.7 Å². The molecule has 0 saturated carbocycles. The number of nitrogens with two attached hydrogens (primary N) is 1. The number of hydrogen-bond acceptors (Lipinski definition) is 3.